The first-order chi connectivity index (χ1) is 8.43. The van der Waals surface area contributed by atoms with E-state index in [1.165, 1.54) is 23.6 Å². The van der Waals surface area contributed by atoms with Crippen LogP contribution in [0.5, 0.6) is 0 Å². The molecule has 0 aromatic rings. The fraction of sp³-hybridized carbons (Fsp3) is 0.667. The summed E-state index contributed by atoms with van der Waals surface area (Å²) in [5.74, 6) is -1.07. The van der Waals surface area contributed by atoms with Gasteiger partial charge < -0.3 is 0 Å². The van der Waals surface area contributed by atoms with Gasteiger partial charge in [0.2, 0.25) is 23.6 Å². The van der Waals surface area contributed by atoms with Gasteiger partial charge in [0.05, 0.1) is 0 Å². The molecule has 1 heterocycles. The molecule has 18 heavy (non-hydrogen) atoms. The first-order valence-corrected chi connectivity index (χ1v) is 6.05. The number of imide groups is 2. The van der Waals surface area contributed by atoms with Crippen LogP contribution in [-0.4, -0.2) is 46.5 Å². The molecule has 1 fully saturated rings. The van der Waals surface area contributed by atoms with Crippen molar-refractivity contribution in [3.8, 4) is 0 Å². The number of carbonyl (C=O) groups excluding carboxylic acids is 4. The minimum Gasteiger partial charge on any atom is -0.283 e. The summed E-state index contributed by atoms with van der Waals surface area (Å²) in [6, 6.07) is 0. The van der Waals surface area contributed by atoms with Gasteiger partial charge in [-0.3, -0.25) is 29.0 Å². The van der Waals surface area contributed by atoms with Crippen LogP contribution in [0.3, 0.4) is 0 Å². The standard InChI is InChI=1S/C12H18N2O4/c1-9(15)13-7-4-8-14(10(2)16)12(18)6-3-5-11(13)17/h3-8H2,1-2H3. The Bertz CT molecular complexity index is 344. The number of hydrogen-bond donors (Lipinski definition) is 0. The zero-order valence-corrected chi connectivity index (χ0v) is 10.8. The van der Waals surface area contributed by atoms with E-state index in [0.29, 0.717) is 12.8 Å². The van der Waals surface area contributed by atoms with Crippen LogP contribution in [0.1, 0.15) is 39.5 Å². The second-order valence-corrected chi connectivity index (χ2v) is 4.34. The Morgan fingerprint density at radius 2 is 1.22 bits per heavy atom. The van der Waals surface area contributed by atoms with Crippen LogP contribution in [0, 0.1) is 0 Å². The normalized spacial score (nSPS) is 18.8. The Morgan fingerprint density at radius 3 is 1.56 bits per heavy atom. The van der Waals surface area contributed by atoms with Gasteiger partial charge in [-0.15, -0.1) is 0 Å². The lowest BCUT2D eigenvalue weighted by Gasteiger charge is -2.24. The molecule has 6 heteroatoms. The summed E-state index contributed by atoms with van der Waals surface area (Å²) in [6.07, 6.45) is 1.12. The van der Waals surface area contributed by atoms with Crippen LogP contribution in [0.4, 0.5) is 0 Å². The molecular weight excluding hydrogens is 236 g/mol. The number of rotatable bonds is 0. The predicted octanol–water partition coefficient (Wildman–Crippen LogP) is 0.311. The molecule has 0 atom stereocenters. The maximum atomic E-state index is 11.7. The van der Waals surface area contributed by atoms with Crippen LogP contribution in [0.2, 0.25) is 0 Å². The van der Waals surface area contributed by atoms with Crippen molar-refractivity contribution in [1.82, 2.24) is 9.80 Å². The van der Waals surface area contributed by atoms with Crippen molar-refractivity contribution < 1.29 is 19.2 Å². The van der Waals surface area contributed by atoms with Crippen LogP contribution in [-0.2, 0) is 19.2 Å². The molecule has 1 aliphatic heterocycles. The average molecular weight is 254 g/mol. The third kappa shape index (κ3) is 3.65. The molecule has 6 nitrogen and oxygen atoms in total. The Balaban J connectivity index is 2.75. The second-order valence-electron chi connectivity index (χ2n) is 4.34. The lowest BCUT2D eigenvalue weighted by molar-refractivity contribution is -0.145. The Morgan fingerprint density at radius 1 is 0.833 bits per heavy atom. The first kappa shape index (κ1) is 14.3. The van der Waals surface area contributed by atoms with Crippen molar-refractivity contribution >= 4 is 23.6 Å². The molecule has 0 aliphatic carbocycles. The number of hydrogen-bond acceptors (Lipinski definition) is 4. The Kier molecular flexibility index (Phi) is 5.00. The van der Waals surface area contributed by atoms with Gasteiger partial charge in [-0.2, -0.15) is 0 Å². The van der Waals surface area contributed by atoms with Crippen LogP contribution >= 0.6 is 0 Å². The van der Waals surface area contributed by atoms with E-state index >= 15 is 0 Å². The van der Waals surface area contributed by atoms with Crippen LogP contribution in [0.15, 0.2) is 0 Å². The topological polar surface area (TPSA) is 74.8 Å². The second kappa shape index (κ2) is 6.28. The predicted molar refractivity (Wildman–Crippen MR) is 63.3 cm³/mol. The highest BCUT2D eigenvalue weighted by Gasteiger charge is 2.23. The van der Waals surface area contributed by atoms with Gasteiger partial charge in [-0.25, -0.2) is 0 Å². The minimum atomic E-state index is -0.290. The zero-order valence-electron chi connectivity index (χ0n) is 10.8. The molecule has 0 bridgehead atoms. The summed E-state index contributed by atoms with van der Waals surface area (Å²) in [4.78, 5) is 48.4. The van der Waals surface area contributed by atoms with E-state index in [9.17, 15) is 19.2 Å². The quantitative estimate of drug-likeness (QED) is 0.623. The first-order valence-electron chi connectivity index (χ1n) is 6.05. The van der Waals surface area contributed by atoms with E-state index in [1.807, 2.05) is 0 Å². The summed E-state index contributed by atoms with van der Waals surface area (Å²) < 4.78 is 0. The highest BCUT2D eigenvalue weighted by molar-refractivity contribution is 5.96. The summed E-state index contributed by atoms with van der Waals surface area (Å²) >= 11 is 0. The molecular formula is C12H18N2O4. The Labute approximate surface area is 106 Å². The maximum Gasteiger partial charge on any atom is 0.229 e. The molecule has 1 saturated heterocycles. The van der Waals surface area contributed by atoms with Crippen molar-refractivity contribution in [2.24, 2.45) is 0 Å². The monoisotopic (exact) mass is 254 g/mol. The van der Waals surface area contributed by atoms with Crippen molar-refractivity contribution in [2.75, 3.05) is 13.1 Å². The highest BCUT2D eigenvalue weighted by atomic mass is 16.2. The van der Waals surface area contributed by atoms with E-state index in [2.05, 4.69) is 0 Å². The van der Waals surface area contributed by atoms with Gasteiger partial charge in [0.1, 0.15) is 0 Å². The maximum absolute atomic E-state index is 11.7. The smallest absolute Gasteiger partial charge is 0.229 e. The third-order valence-corrected chi connectivity index (χ3v) is 2.91. The molecule has 0 spiro atoms. The van der Waals surface area contributed by atoms with E-state index in [-0.39, 0.29) is 49.6 Å². The lowest BCUT2D eigenvalue weighted by Crippen LogP contribution is -2.41. The SMILES string of the molecule is CC(=O)N1CCCN(C(C)=O)C(=O)CCCC1=O. The van der Waals surface area contributed by atoms with E-state index < -0.39 is 0 Å². The number of carbonyl (C=O) groups is 4. The molecule has 0 saturated carbocycles. The number of nitrogens with zero attached hydrogens (tertiary/aromatic N) is 2. The van der Waals surface area contributed by atoms with Crippen molar-refractivity contribution in [3.05, 3.63) is 0 Å². The highest BCUT2D eigenvalue weighted by Crippen LogP contribution is 2.09. The van der Waals surface area contributed by atoms with Gasteiger partial charge in [0.15, 0.2) is 0 Å². The summed E-state index contributed by atoms with van der Waals surface area (Å²) in [5, 5.41) is 0. The summed E-state index contributed by atoms with van der Waals surface area (Å²) in [7, 11) is 0. The van der Waals surface area contributed by atoms with Gasteiger partial charge in [-0.1, -0.05) is 0 Å². The number of amides is 4. The zero-order chi connectivity index (χ0) is 13.7. The van der Waals surface area contributed by atoms with Crippen LogP contribution < -0.4 is 0 Å². The van der Waals surface area contributed by atoms with Crippen molar-refractivity contribution in [3.63, 3.8) is 0 Å². The molecule has 0 aromatic carbocycles. The molecule has 0 aromatic heterocycles. The lowest BCUT2D eigenvalue weighted by atomic mass is 10.1. The molecule has 1 aliphatic rings. The van der Waals surface area contributed by atoms with Crippen molar-refractivity contribution in [2.45, 2.75) is 39.5 Å². The van der Waals surface area contributed by atoms with Gasteiger partial charge in [0.25, 0.3) is 0 Å². The van der Waals surface area contributed by atoms with E-state index in [0.717, 1.165) is 0 Å². The molecule has 4 amide bonds. The molecule has 0 N–H and O–H groups in total. The molecule has 100 valence electrons. The Hall–Kier alpha value is -1.72. The van der Waals surface area contributed by atoms with Crippen LogP contribution in [0.25, 0.3) is 0 Å². The average Bonchev–Trinajstić information content (AvgIpc) is 2.27. The van der Waals surface area contributed by atoms with Gasteiger partial charge in [0, 0.05) is 39.8 Å². The summed E-state index contributed by atoms with van der Waals surface area (Å²) in [5.41, 5.74) is 0. The molecule has 1 rings (SSSR count). The van der Waals surface area contributed by atoms with E-state index in [4.69, 9.17) is 0 Å². The summed E-state index contributed by atoms with van der Waals surface area (Å²) in [6.45, 7) is 3.20. The van der Waals surface area contributed by atoms with E-state index in [1.54, 1.807) is 0 Å². The van der Waals surface area contributed by atoms with Gasteiger partial charge in [-0.05, 0) is 12.8 Å². The largest absolute Gasteiger partial charge is 0.283 e. The molecule has 0 unspecified atom stereocenters. The fourth-order valence-electron chi connectivity index (χ4n) is 1.96. The minimum absolute atomic E-state index is 0.164. The molecule has 0 radical (unpaired) electrons. The van der Waals surface area contributed by atoms with Crippen molar-refractivity contribution in [1.29, 1.82) is 0 Å². The third-order valence-electron chi connectivity index (χ3n) is 2.91. The fourth-order valence-corrected chi connectivity index (χ4v) is 1.96. The van der Waals surface area contributed by atoms with Gasteiger partial charge >= 0.3 is 0 Å².